The highest BCUT2D eigenvalue weighted by Gasteiger charge is 2.28. The van der Waals surface area contributed by atoms with Crippen LogP contribution in [0, 0.1) is 9.49 Å². The summed E-state index contributed by atoms with van der Waals surface area (Å²) in [6.45, 7) is 0. The third-order valence-electron chi connectivity index (χ3n) is 3.53. The quantitative estimate of drug-likeness (QED) is 0.692. The topological polar surface area (TPSA) is 66.4 Å². The Balaban J connectivity index is 2.04. The molecule has 0 spiro atoms. The minimum Gasteiger partial charge on any atom is -0.481 e. The number of hydrogen-bond acceptors (Lipinski definition) is 2. The number of carboxylic acid groups (broad SMARTS) is 1. The van der Waals surface area contributed by atoms with Crippen LogP contribution in [0.1, 0.15) is 36.0 Å². The van der Waals surface area contributed by atoms with Crippen molar-refractivity contribution < 1.29 is 14.7 Å². The molecule has 1 aliphatic rings. The maximum Gasteiger partial charge on any atom is 0.306 e. The zero-order valence-electron chi connectivity index (χ0n) is 10.7. The fourth-order valence-corrected chi connectivity index (χ4v) is 3.40. The number of amides is 1. The van der Waals surface area contributed by atoms with Crippen LogP contribution in [0.15, 0.2) is 22.7 Å². The molecule has 1 aromatic carbocycles. The summed E-state index contributed by atoms with van der Waals surface area (Å²) in [5.41, 5.74) is 0.592. The zero-order chi connectivity index (χ0) is 14.7. The minimum absolute atomic E-state index is 0.0536. The lowest BCUT2D eigenvalue weighted by Crippen LogP contribution is -2.40. The van der Waals surface area contributed by atoms with E-state index in [1.54, 1.807) is 0 Å². The van der Waals surface area contributed by atoms with E-state index >= 15 is 0 Å². The van der Waals surface area contributed by atoms with Crippen LogP contribution in [-0.4, -0.2) is 23.0 Å². The standard InChI is InChI=1S/C14H15BrINO3/c15-12-5-4-9(16)7-11(12)13(18)17-10-3-1-2-8(6-10)14(19)20/h4-5,7-8,10H,1-3,6H2,(H,17,18)(H,19,20). The summed E-state index contributed by atoms with van der Waals surface area (Å²) in [4.78, 5) is 23.3. The van der Waals surface area contributed by atoms with Gasteiger partial charge in [-0.2, -0.15) is 0 Å². The lowest BCUT2D eigenvalue weighted by atomic mass is 9.85. The second-order valence-corrected chi connectivity index (χ2v) is 7.10. The fourth-order valence-electron chi connectivity index (χ4n) is 2.48. The van der Waals surface area contributed by atoms with Gasteiger partial charge < -0.3 is 10.4 Å². The molecule has 0 aliphatic heterocycles. The molecule has 1 amide bonds. The van der Waals surface area contributed by atoms with Gasteiger partial charge >= 0.3 is 5.97 Å². The van der Waals surface area contributed by atoms with Gasteiger partial charge in [-0.05, 0) is 76.0 Å². The number of aliphatic carboxylic acids is 1. The van der Waals surface area contributed by atoms with Crippen molar-refractivity contribution >= 4 is 50.4 Å². The molecule has 2 rings (SSSR count). The highest BCUT2D eigenvalue weighted by Crippen LogP contribution is 2.25. The first-order valence-corrected chi connectivity index (χ1v) is 8.33. The van der Waals surface area contributed by atoms with Crippen LogP contribution in [0.2, 0.25) is 0 Å². The number of carboxylic acids is 1. The Kier molecular flexibility index (Phi) is 5.42. The summed E-state index contributed by atoms with van der Waals surface area (Å²) in [6.07, 6.45) is 2.91. The van der Waals surface area contributed by atoms with Gasteiger partial charge in [0, 0.05) is 14.1 Å². The van der Waals surface area contributed by atoms with Crippen LogP contribution in [0.4, 0.5) is 0 Å². The number of carbonyl (C=O) groups is 2. The Hall–Kier alpha value is -0.630. The molecule has 20 heavy (non-hydrogen) atoms. The van der Waals surface area contributed by atoms with Gasteiger partial charge in [0.25, 0.3) is 5.91 Å². The summed E-state index contributed by atoms with van der Waals surface area (Å²) in [7, 11) is 0. The summed E-state index contributed by atoms with van der Waals surface area (Å²) < 4.78 is 1.74. The van der Waals surface area contributed by atoms with Crippen molar-refractivity contribution in [3.63, 3.8) is 0 Å². The zero-order valence-corrected chi connectivity index (χ0v) is 14.5. The lowest BCUT2D eigenvalue weighted by molar-refractivity contribution is -0.143. The first kappa shape index (κ1) is 15.8. The molecule has 1 fully saturated rings. The number of carbonyl (C=O) groups excluding carboxylic acids is 1. The van der Waals surface area contributed by atoms with Gasteiger partial charge in [-0.15, -0.1) is 0 Å². The van der Waals surface area contributed by atoms with Crippen molar-refractivity contribution in [2.24, 2.45) is 5.92 Å². The van der Waals surface area contributed by atoms with Crippen molar-refractivity contribution in [3.8, 4) is 0 Å². The van der Waals surface area contributed by atoms with Crippen LogP contribution in [0.3, 0.4) is 0 Å². The first-order chi connectivity index (χ1) is 9.47. The number of rotatable bonds is 3. The van der Waals surface area contributed by atoms with Crippen molar-refractivity contribution in [1.82, 2.24) is 5.32 Å². The molecule has 4 nitrogen and oxygen atoms in total. The van der Waals surface area contributed by atoms with E-state index in [0.29, 0.717) is 18.4 Å². The molecule has 6 heteroatoms. The van der Waals surface area contributed by atoms with Crippen molar-refractivity contribution in [1.29, 1.82) is 0 Å². The summed E-state index contributed by atoms with van der Waals surface area (Å²) >= 11 is 5.53. The van der Waals surface area contributed by atoms with Crippen LogP contribution >= 0.6 is 38.5 Å². The molecule has 0 heterocycles. The average Bonchev–Trinajstić information content (AvgIpc) is 2.41. The molecule has 0 radical (unpaired) electrons. The molecule has 1 aromatic rings. The molecule has 2 unspecified atom stereocenters. The summed E-state index contributed by atoms with van der Waals surface area (Å²) in [5.74, 6) is -1.25. The molecular weight excluding hydrogens is 437 g/mol. The average molecular weight is 452 g/mol. The van der Waals surface area contributed by atoms with Crippen molar-refractivity contribution in [2.75, 3.05) is 0 Å². The Bertz CT molecular complexity index is 535. The molecule has 0 saturated heterocycles. The largest absolute Gasteiger partial charge is 0.481 e. The van der Waals surface area contributed by atoms with E-state index in [9.17, 15) is 9.59 Å². The number of benzene rings is 1. The minimum atomic E-state index is -0.764. The first-order valence-electron chi connectivity index (χ1n) is 6.46. The maximum absolute atomic E-state index is 12.3. The molecule has 0 bridgehead atoms. The molecule has 2 N–H and O–H groups in total. The molecule has 1 aliphatic carbocycles. The van der Waals surface area contributed by atoms with Crippen LogP contribution in [0.5, 0.6) is 0 Å². The maximum atomic E-state index is 12.3. The van der Waals surface area contributed by atoms with E-state index in [-0.39, 0.29) is 17.9 Å². The Morgan fingerprint density at radius 1 is 1.35 bits per heavy atom. The van der Waals surface area contributed by atoms with E-state index in [0.717, 1.165) is 20.9 Å². The Morgan fingerprint density at radius 3 is 2.80 bits per heavy atom. The molecule has 2 atom stereocenters. The van der Waals surface area contributed by atoms with E-state index < -0.39 is 5.97 Å². The highest BCUT2D eigenvalue weighted by molar-refractivity contribution is 14.1. The predicted molar refractivity (Wildman–Crippen MR) is 87.7 cm³/mol. The van der Waals surface area contributed by atoms with Crippen LogP contribution < -0.4 is 5.32 Å². The lowest BCUT2D eigenvalue weighted by Gasteiger charge is -2.27. The second-order valence-electron chi connectivity index (χ2n) is 5.00. The third-order valence-corrected chi connectivity index (χ3v) is 4.89. The molecular formula is C14H15BrINO3. The van der Waals surface area contributed by atoms with E-state index in [2.05, 4.69) is 43.8 Å². The third kappa shape index (κ3) is 3.94. The Labute approximate surface area is 139 Å². The number of hydrogen-bond donors (Lipinski definition) is 2. The molecule has 0 aromatic heterocycles. The highest BCUT2D eigenvalue weighted by atomic mass is 127. The molecule has 108 valence electrons. The van der Waals surface area contributed by atoms with E-state index in [1.165, 1.54) is 0 Å². The van der Waals surface area contributed by atoms with Crippen molar-refractivity contribution in [2.45, 2.75) is 31.7 Å². The van der Waals surface area contributed by atoms with Crippen molar-refractivity contribution in [3.05, 3.63) is 31.8 Å². The van der Waals surface area contributed by atoms with Crippen LogP contribution in [0.25, 0.3) is 0 Å². The fraction of sp³-hybridized carbons (Fsp3) is 0.429. The monoisotopic (exact) mass is 451 g/mol. The SMILES string of the molecule is O=C(NC1CCCC(C(=O)O)C1)c1cc(I)ccc1Br. The number of halogens is 2. The van der Waals surface area contributed by atoms with Gasteiger partial charge in [0.05, 0.1) is 11.5 Å². The normalized spacial score (nSPS) is 22.3. The molecule has 1 saturated carbocycles. The van der Waals surface area contributed by atoms with Gasteiger partial charge in [-0.25, -0.2) is 0 Å². The van der Waals surface area contributed by atoms with E-state index in [1.807, 2.05) is 18.2 Å². The van der Waals surface area contributed by atoms with E-state index in [4.69, 9.17) is 5.11 Å². The predicted octanol–water partition coefficient (Wildman–Crippen LogP) is 3.43. The number of nitrogens with one attached hydrogen (secondary N) is 1. The van der Waals surface area contributed by atoms with Gasteiger partial charge in [-0.3, -0.25) is 9.59 Å². The van der Waals surface area contributed by atoms with Gasteiger partial charge in [0.1, 0.15) is 0 Å². The second kappa shape index (κ2) is 6.89. The van der Waals surface area contributed by atoms with Crippen LogP contribution in [-0.2, 0) is 4.79 Å². The summed E-state index contributed by atoms with van der Waals surface area (Å²) in [5, 5.41) is 12.0. The van der Waals surface area contributed by atoms with Gasteiger partial charge in [0.15, 0.2) is 0 Å². The smallest absolute Gasteiger partial charge is 0.306 e. The van der Waals surface area contributed by atoms with Gasteiger partial charge in [-0.1, -0.05) is 6.42 Å². The Morgan fingerprint density at radius 2 is 2.10 bits per heavy atom. The summed E-state index contributed by atoms with van der Waals surface area (Å²) in [6, 6.07) is 5.53. The van der Waals surface area contributed by atoms with Gasteiger partial charge in [0.2, 0.25) is 0 Å².